The van der Waals surface area contributed by atoms with Gasteiger partial charge in [0, 0.05) is 25.7 Å². The number of hydrogen-bond acceptors (Lipinski definition) is 3. The van der Waals surface area contributed by atoms with Gasteiger partial charge >= 0.3 is 0 Å². The van der Waals surface area contributed by atoms with E-state index < -0.39 is 0 Å². The van der Waals surface area contributed by atoms with Crippen LogP contribution in [-0.4, -0.2) is 31.5 Å². The van der Waals surface area contributed by atoms with Crippen molar-refractivity contribution in [1.29, 1.82) is 0 Å². The lowest BCUT2D eigenvalue weighted by atomic mass is 9.59. The predicted octanol–water partition coefficient (Wildman–Crippen LogP) is 1.93. The molecule has 0 amide bonds. The Kier molecular flexibility index (Phi) is 4.77. The maximum atomic E-state index is 10.5. The molecular formula is C13H27NO2. The van der Waals surface area contributed by atoms with Crippen LogP contribution in [0.5, 0.6) is 0 Å². The molecule has 1 aliphatic carbocycles. The van der Waals surface area contributed by atoms with E-state index in [1.807, 2.05) is 0 Å². The summed E-state index contributed by atoms with van der Waals surface area (Å²) in [6, 6.07) is 0. The van der Waals surface area contributed by atoms with Gasteiger partial charge in [0.25, 0.3) is 0 Å². The molecule has 1 fully saturated rings. The minimum atomic E-state index is -0.282. The SMILES string of the molecule is COCCCC1(CN)CCCC(C)(C)C1O. The average Bonchev–Trinajstić information content (AvgIpc) is 2.25. The third kappa shape index (κ3) is 2.76. The third-order valence-electron chi connectivity index (χ3n) is 4.25. The fraction of sp³-hybridized carbons (Fsp3) is 1.00. The molecule has 0 radical (unpaired) electrons. The molecule has 0 saturated heterocycles. The number of methoxy groups -OCH3 is 1. The summed E-state index contributed by atoms with van der Waals surface area (Å²) in [5.74, 6) is 0. The zero-order valence-electron chi connectivity index (χ0n) is 11.0. The van der Waals surface area contributed by atoms with Crippen LogP contribution < -0.4 is 5.73 Å². The van der Waals surface area contributed by atoms with Crippen molar-refractivity contribution in [2.45, 2.75) is 52.1 Å². The van der Waals surface area contributed by atoms with Crippen molar-refractivity contribution in [2.75, 3.05) is 20.3 Å². The molecule has 2 unspecified atom stereocenters. The highest BCUT2D eigenvalue weighted by molar-refractivity contribution is 4.98. The third-order valence-corrected chi connectivity index (χ3v) is 4.25. The molecule has 16 heavy (non-hydrogen) atoms. The normalized spacial score (nSPS) is 33.9. The van der Waals surface area contributed by atoms with E-state index in [9.17, 15) is 5.11 Å². The van der Waals surface area contributed by atoms with Crippen LogP contribution in [0.1, 0.15) is 46.0 Å². The van der Waals surface area contributed by atoms with Crippen LogP contribution in [0.4, 0.5) is 0 Å². The summed E-state index contributed by atoms with van der Waals surface area (Å²) in [4.78, 5) is 0. The topological polar surface area (TPSA) is 55.5 Å². The summed E-state index contributed by atoms with van der Waals surface area (Å²) < 4.78 is 5.09. The Morgan fingerprint density at radius 1 is 1.38 bits per heavy atom. The van der Waals surface area contributed by atoms with Crippen molar-refractivity contribution in [3.05, 3.63) is 0 Å². The maximum absolute atomic E-state index is 10.5. The Hall–Kier alpha value is -0.120. The number of aliphatic hydroxyl groups excluding tert-OH is 1. The summed E-state index contributed by atoms with van der Waals surface area (Å²) in [5, 5.41) is 10.5. The Morgan fingerprint density at radius 3 is 2.62 bits per heavy atom. The number of nitrogens with two attached hydrogens (primary N) is 1. The van der Waals surface area contributed by atoms with Gasteiger partial charge in [-0.1, -0.05) is 20.3 Å². The first-order chi connectivity index (χ1) is 7.48. The van der Waals surface area contributed by atoms with E-state index in [0.717, 1.165) is 32.3 Å². The molecule has 0 aromatic rings. The Balaban J connectivity index is 2.69. The van der Waals surface area contributed by atoms with Gasteiger partial charge in [0.15, 0.2) is 0 Å². The molecule has 0 aromatic heterocycles. The van der Waals surface area contributed by atoms with Crippen LogP contribution in [0, 0.1) is 10.8 Å². The standard InChI is InChI=1S/C13H27NO2/c1-12(2)6-4-7-13(10-14,11(12)15)8-5-9-16-3/h11,15H,4-10,14H2,1-3H3. The molecule has 1 aliphatic rings. The number of aliphatic hydroxyl groups is 1. The van der Waals surface area contributed by atoms with E-state index in [2.05, 4.69) is 13.8 Å². The molecule has 96 valence electrons. The van der Waals surface area contributed by atoms with Gasteiger partial charge in [0.05, 0.1) is 6.10 Å². The van der Waals surface area contributed by atoms with E-state index in [0.29, 0.717) is 6.54 Å². The van der Waals surface area contributed by atoms with E-state index in [1.165, 1.54) is 6.42 Å². The van der Waals surface area contributed by atoms with Crippen LogP contribution >= 0.6 is 0 Å². The first kappa shape index (κ1) is 13.9. The van der Waals surface area contributed by atoms with Crippen LogP contribution in [-0.2, 0) is 4.74 Å². The van der Waals surface area contributed by atoms with E-state index in [4.69, 9.17) is 10.5 Å². The van der Waals surface area contributed by atoms with Crippen LogP contribution in [0.3, 0.4) is 0 Å². The smallest absolute Gasteiger partial charge is 0.0659 e. The first-order valence-corrected chi connectivity index (χ1v) is 6.35. The van der Waals surface area contributed by atoms with Crippen LogP contribution in [0.2, 0.25) is 0 Å². The fourth-order valence-corrected chi connectivity index (χ4v) is 3.14. The molecule has 3 nitrogen and oxygen atoms in total. The van der Waals surface area contributed by atoms with Crippen molar-refractivity contribution < 1.29 is 9.84 Å². The van der Waals surface area contributed by atoms with Crippen molar-refractivity contribution in [1.82, 2.24) is 0 Å². The van der Waals surface area contributed by atoms with Gasteiger partial charge in [-0.3, -0.25) is 0 Å². The van der Waals surface area contributed by atoms with Crippen molar-refractivity contribution in [3.63, 3.8) is 0 Å². The highest BCUT2D eigenvalue weighted by Gasteiger charge is 2.47. The molecule has 0 heterocycles. The minimum Gasteiger partial charge on any atom is -0.392 e. The zero-order valence-corrected chi connectivity index (χ0v) is 11.0. The average molecular weight is 229 g/mol. The molecule has 3 N–H and O–H groups in total. The highest BCUT2D eigenvalue weighted by Crippen LogP contribution is 2.48. The molecule has 3 heteroatoms. The largest absolute Gasteiger partial charge is 0.392 e. The lowest BCUT2D eigenvalue weighted by Crippen LogP contribution is -2.52. The molecule has 0 spiro atoms. The van der Waals surface area contributed by atoms with Gasteiger partial charge in [-0.15, -0.1) is 0 Å². The predicted molar refractivity (Wildman–Crippen MR) is 66.2 cm³/mol. The van der Waals surface area contributed by atoms with Gasteiger partial charge in [-0.05, 0) is 31.1 Å². The van der Waals surface area contributed by atoms with Crippen molar-refractivity contribution in [3.8, 4) is 0 Å². The van der Waals surface area contributed by atoms with E-state index in [1.54, 1.807) is 7.11 Å². The fourth-order valence-electron chi connectivity index (χ4n) is 3.14. The lowest BCUT2D eigenvalue weighted by Gasteiger charge is -2.49. The van der Waals surface area contributed by atoms with Gasteiger partial charge in [-0.2, -0.15) is 0 Å². The Bertz CT molecular complexity index is 218. The maximum Gasteiger partial charge on any atom is 0.0659 e. The second kappa shape index (κ2) is 5.48. The monoisotopic (exact) mass is 229 g/mol. The van der Waals surface area contributed by atoms with Crippen LogP contribution in [0.25, 0.3) is 0 Å². The molecule has 1 rings (SSSR count). The Morgan fingerprint density at radius 2 is 2.06 bits per heavy atom. The quantitative estimate of drug-likeness (QED) is 0.708. The summed E-state index contributed by atoms with van der Waals surface area (Å²) in [7, 11) is 1.72. The van der Waals surface area contributed by atoms with Gasteiger partial charge in [0.2, 0.25) is 0 Å². The summed E-state index contributed by atoms with van der Waals surface area (Å²) in [5.41, 5.74) is 5.85. The van der Waals surface area contributed by atoms with Crippen molar-refractivity contribution >= 4 is 0 Å². The van der Waals surface area contributed by atoms with Crippen molar-refractivity contribution in [2.24, 2.45) is 16.6 Å². The molecule has 0 aromatic carbocycles. The second-order valence-electron chi connectivity index (χ2n) is 5.91. The molecule has 0 bridgehead atoms. The molecule has 0 aliphatic heterocycles. The number of rotatable bonds is 5. The van der Waals surface area contributed by atoms with E-state index >= 15 is 0 Å². The number of ether oxygens (including phenoxy) is 1. The highest BCUT2D eigenvalue weighted by atomic mass is 16.5. The molecule has 2 atom stereocenters. The minimum absolute atomic E-state index is 0.00465. The van der Waals surface area contributed by atoms with Crippen LogP contribution in [0.15, 0.2) is 0 Å². The van der Waals surface area contributed by atoms with Gasteiger partial charge < -0.3 is 15.6 Å². The molecular weight excluding hydrogens is 202 g/mol. The van der Waals surface area contributed by atoms with Gasteiger partial charge in [-0.25, -0.2) is 0 Å². The Labute approximate surface area is 99.4 Å². The molecule has 1 saturated carbocycles. The summed E-state index contributed by atoms with van der Waals surface area (Å²) >= 11 is 0. The zero-order chi connectivity index (χ0) is 12.2. The number of hydrogen-bond donors (Lipinski definition) is 2. The van der Waals surface area contributed by atoms with Gasteiger partial charge in [0.1, 0.15) is 0 Å². The lowest BCUT2D eigenvalue weighted by molar-refractivity contribution is -0.0946. The second-order valence-corrected chi connectivity index (χ2v) is 5.91. The summed E-state index contributed by atoms with van der Waals surface area (Å²) in [6.07, 6.45) is 5.00. The summed E-state index contributed by atoms with van der Waals surface area (Å²) in [6.45, 7) is 5.64. The first-order valence-electron chi connectivity index (χ1n) is 6.35. The van der Waals surface area contributed by atoms with E-state index in [-0.39, 0.29) is 16.9 Å².